The summed E-state index contributed by atoms with van der Waals surface area (Å²) < 4.78 is 5.33. The highest BCUT2D eigenvalue weighted by molar-refractivity contribution is 5.93. The molecule has 9 heteroatoms. The van der Waals surface area contributed by atoms with E-state index in [1.165, 1.54) is 11.9 Å². The number of hydrogen-bond acceptors (Lipinski definition) is 6. The normalized spacial score (nSPS) is 25.9. The van der Waals surface area contributed by atoms with E-state index in [0.717, 1.165) is 11.3 Å². The minimum Gasteiger partial charge on any atom is -0.444 e. The SMILES string of the molecule is CC1=C2/C=C\C=NC(C)[C@H](NC(=O)[C@H](C)N(C)C(=O)OC(C)(C)C)C(=O)N1[C@H](CN)C2. The van der Waals surface area contributed by atoms with Crippen LogP contribution < -0.4 is 11.1 Å². The molecule has 0 spiro atoms. The standard InChI is InChI=1S/C22H35N5O4/c1-13-18(25-19(28)15(3)26(7)21(30)31-22(4,5)6)20(29)27-14(2)16(9-8-10-24-13)11-17(27)12-23/h8-10,13,15,17-18H,11-12,23H2,1-7H3,(H,25,28)/b9-8-,24-10?/t13?,15-,17-,18-/m0/s1. The minimum atomic E-state index is -0.895. The molecule has 0 saturated heterocycles. The van der Waals surface area contributed by atoms with E-state index < -0.39 is 35.7 Å². The van der Waals surface area contributed by atoms with Crippen LogP contribution in [0.15, 0.2) is 28.4 Å². The van der Waals surface area contributed by atoms with Crippen molar-refractivity contribution >= 4 is 24.1 Å². The van der Waals surface area contributed by atoms with Gasteiger partial charge in [-0.05, 0) is 59.6 Å². The van der Waals surface area contributed by atoms with Crippen molar-refractivity contribution in [3.8, 4) is 0 Å². The van der Waals surface area contributed by atoms with Gasteiger partial charge in [0.15, 0.2) is 0 Å². The first-order valence-electron chi connectivity index (χ1n) is 10.6. The van der Waals surface area contributed by atoms with E-state index in [0.29, 0.717) is 13.0 Å². The maximum absolute atomic E-state index is 13.5. The van der Waals surface area contributed by atoms with Crippen LogP contribution in [0, 0.1) is 0 Å². The number of likely N-dealkylation sites (N-methyl/N-ethyl adjacent to an activating group) is 1. The lowest BCUT2D eigenvalue weighted by Crippen LogP contribution is -2.58. The van der Waals surface area contributed by atoms with E-state index in [2.05, 4.69) is 10.3 Å². The number of nitrogens with two attached hydrogens (primary N) is 1. The number of carbonyl (C=O) groups is 3. The second-order valence-electron chi connectivity index (χ2n) is 9.06. The molecule has 4 atom stereocenters. The monoisotopic (exact) mass is 433 g/mol. The summed E-state index contributed by atoms with van der Waals surface area (Å²) in [6.07, 6.45) is 5.46. The van der Waals surface area contributed by atoms with Gasteiger partial charge in [0.25, 0.3) is 5.91 Å². The molecule has 0 aromatic rings. The third-order valence-electron chi connectivity index (χ3n) is 5.55. The Morgan fingerprint density at radius 1 is 1.42 bits per heavy atom. The van der Waals surface area contributed by atoms with Gasteiger partial charge in [0.05, 0.1) is 12.1 Å². The third-order valence-corrected chi connectivity index (χ3v) is 5.55. The first-order chi connectivity index (χ1) is 14.4. The lowest BCUT2D eigenvalue weighted by atomic mass is 10.1. The van der Waals surface area contributed by atoms with Gasteiger partial charge in [-0.3, -0.25) is 19.5 Å². The lowest BCUT2D eigenvalue weighted by Gasteiger charge is -2.33. The molecule has 0 fully saturated rings. The van der Waals surface area contributed by atoms with Crippen LogP contribution in [0.25, 0.3) is 0 Å². The number of aliphatic imine (C=N–C) groups is 1. The molecule has 0 radical (unpaired) electrons. The minimum absolute atomic E-state index is 0.168. The van der Waals surface area contributed by atoms with Gasteiger partial charge in [-0.15, -0.1) is 0 Å². The number of allylic oxidation sites excluding steroid dienone is 3. The number of rotatable bonds is 4. The van der Waals surface area contributed by atoms with Crippen LogP contribution >= 0.6 is 0 Å². The van der Waals surface area contributed by atoms with Gasteiger partial charge in [0, 0.05) is 25.5 Å². The van der Waals surface area contributed by atoms with Gasteiger partial charge in [0.2, 0.25) is 5.91 Å². The lowest BCUT2D eigenvalue weighted by molar-refractivity contribution is -0.137. The molecule has 0 aliphatic carbocycles. The molecule has 0 aromatic heterocycles. The van der Waals surface area contributed by atoms with Crippen molar-refractivity contribution in [2.75, 3.05) is 13.6 Å². The van der Waals surface area contributed by atoms with Gasteiger partial charge in [-0.25, -0.2) is 4.79 Å². The van der Waals surface area contributed by atoms with Crippen molar-refractivity contribution in [3.63, 3.8) is 0 Å². The van der Waals surface area contributed by atoms with Crippen molar-refractivity contribution < 1.29 is 19.1 Å². The Morgan fingerprint density at radius 3 is 2.65 bits per heavy atom. The Kier molecular flexibility index (Phi) is 7.64. The second-order valence-corrected chi connectivity index (χ2v) is 9.06. The summed E-state index contributed by atoms with van der Waals surface area (Å²) >= 11 is 0. The fourth-order valence-corrected chi connectivity index (χ4v) is 3.56. The van der Waals surface area contributed by atoms with E-state index in [4.69, 9.17) is 10.5 Å². The topological polar surface area (TPSA) is 117 Å². The van der Waals surface area contributed by atoms with Gasteiger partial charge in [-0.2, -0.15) is 0 Å². The molecule has 3 amide bonds. The Hall–Kier alpha value is -2.68. The predicted molar refractivity (Wildman–Crippen MR) is 119 cm³/mol. The number of hydrogen-bond donors (Lipinski definition) is 2. The average molecular weight is 434 g/mol. The molecular weight excluding hydrogens is 398 g/mol. The van der Waals surface area contributed by atoms with E-state index in [-0.39, 0.29) is 11.9 Å². The summed E-state index contributed by atoms with van der Waals surface area (Å²) in [6, 6.07) is -2.41. The first kappa shape index (κ1) is 24.6. The number of fused-ring (bicyclic) bond motifs is 1. The second kappa shape index (κ2) is 9.64. The number of nitrogens with zero attached hydrogens (tertiary/aromatic N) is 3. The molecule has 2 aliphatic heterocycles. The fourth-order valence-electron chi connectivity index (χ4n) is 3.56. The van der Waals surface area contributed by atoms with Gasteiger partial charge < -0.3 is 20.7 Å². The molecular formula is C22H35N5O4. The smallest absolute Gasteiger partial charge is 0.410 e. The summed E-state index contributed by atoms with van der Waals surface area (Å²) in [7, 11) is 1.49. The van der Waals surface area contributed by atoms with Crippen LogP contribution in [0.4, 0.5) is 4.79 Å². The number of amides is 3. The predicted octanol–water partition coefficient (Wildman–Crippen LogP) is 1.59. The van der Waals surface area contributed by atoms with E-state index in [1.54, 1.807) is 45.7 Å². The van der Waals surface area contributed by atoms with Crippen molar-refractivity contribution in [1.29, 1.82) is 0 Å². The zero-order chi connectivity index (χ0) is 23.5. The highest BCUT2D eigenvalue weighted by Crippen LogP contribution is 2.30. The number of carbonyl (C=O) groups excluding carboxylic acids is 3. The molecule has 31 heavy (non-hydrogen) atoms. The molecule has 1 unspecified atom stereocenters. The van der Waals surface area contributed by atoms with Crippen molar-refractivity contribution in [2.24, 2.45) is 10.7 Å². The van der Waals surface area contributed by atoms with Crippen LogP contribution in [0.2, 0.25) is 0 Å². The highest BCUT2D eigenvalue weighted by Gasteiger charge is 2.39. The van der Waals surface area contributed by atoms with E-state index >= 15 is 0 Å². The summed E-state index contributed by atoms with van der Waals surface area (Å²) in [6.45, 7) is 10.8. The number of nitrogens with one attached hydrogen (secondary N) is 1. The molecule has 3 N–H and O–H groups in total. The molecule has 2 bridgehead atoms. The van der Waals surface area contributed by atoms with Gasteiger partial charge in [-0.1, -0.05) is 6.08 Å². The van der Waals surface area contributed by atoms with Crippen LogP contribution in [-0.2, 0) is 14.3 Å². The summed E-state index contributed by atoms with van der Waals surface area (Å²) in [5.74, 6) is -0.727. The average Bonchev–Trinajstić information content (AvgIpc) is 3.00. The van der Waals surface area contributed by atoms with E-state index in [1.807, 2.05) is 19.1 Å². The van der Waals surface area contributed by atoms with Crippen LogP contribution in [0.1, 0.15) is 48.0 Å². The summed E-state index contributed by atoms with van der Waals surface area (Å²) in [5, 5.41) is 2.80. The molecule has 0 aromatic carbocycles. The molecule has 2 rings (SSSR count). The highest BCUT2D eigenvalue weighted by atomic mass is 16.6. The Labute approximate surface area is 184 Å². The fraction of sp³-hybridized carbons (Fsp3) is 0.636. The van der Waals surface area contributed by atoms with Gasteiger partial charge >= 0.3 is 6.09 Å². The van der Waals surface area contributed by atoms with Crippen molar-refractivity contribution in [2.45, 2.75) is 77.7 Å². The zero-order valence-corrected chi connectivity index (χ0v) is 19.5. The first-order valence-corrected chi connectivity index (χ1v) is 10.6. The zero-order valence-electron chi connectivity index (χ0n) is 19.5. The van der Waals surface area contributed by atoms with Crippen molar-refractivity contribution in [1.82, 2.24) is 15.1 Å². The van der Waals surface area contributed by atoms with E-state index in [9.17, 15) is 14.4 Å². The molecule has 2 aliphatic rings. The quantitative estimate of drug-likeness (QED) is 0.698. The summed E-state index contributed by atoms with van der Waals surface area (Å²) in [4.78, 5) is 46.1. The molecule has 9 nitrogen and oxygen atoms in total. The largest absolute Gasteiger partial charge is 0.444 e. The van der Waals surface area contributed by atoms with Crippen molar-refractivity contribution in [3.05, 3.63) is 23.4 Å². The maximum Gasteiger partial charge on any atom is 0.410 e. The third kappa shape index (κ3) is 5.72. The molecule has 2 heterocycles. The molecule has 0 saturated carbocycles. The van der Waals surface area contributed by atoms with Gasteiger partial charge in [0.1, 0.15) is 17.7 Å². The Bertz CT molecular complexity index is 811. The van der Waals surface area contributed by atoms with Crippen LogP contribution in [-0.4, -0.2) is 77.3 Å². The maximum atomic E-state index is 13.5. The van der Waals surface area contributed by atoms with Crippen LogP contribution in [0.5, 0.6) is 0 Å². The molecule has 172 valence electrons. The summed E-state index contributed by atoms with van der Waals surface area (Å²) in [5.41, 5.74) is 7.10. The Morgan fingerprint density at radius 2 is 2.06 bits per heavy atom. The van der Waals surface area contributed by atoms with Crippen LogP contribution in [0.3, 0.4) is 0 Å². The number of ether oxygens (including phenoxy) is 1. The Balaban J connectivity index is 2.24.